The molecule has 3 aliphatic rings. The molecule has 4 heteroatoms. The average Bonchev–Trinajstić information content (AvgIpc) is 3.07. The number of pyridine rings is 1. The SMILES string of the molecule is c1cncc(CN2C[C@H](OCC3CC3)[C@H]3COC[C@H]32)c1. The molecule has 0 radical (unpaired) electrons. The molecule has 0 unspecified atom stereocenters. The maximum absolute atomic E-state index is 6.17. The predicted octanol–water partition coefficient (Wildman–Crippen LogP) is 1.71. The number of hydrogen-bond acceptors (Lipinski definition) is 4. The van der Waals surface area contributed by atoms with Gasteiger partial charge in [0.05, 0.1) is 19.3 Å². The number of aromatic nitrogens is 1. The van der Waals surface area contributed by atoms with Gasteiger partial charge in [-0.3, -0.25) is 9.88 Å². The molecule has 0 spiro atoms. The Bertz CT molecular complexity index is 449. The highest BCUT2D eigenvalue weighted by Gasteiger charge is 2.46. The van der Waals surface area contributed by atoms with Gasteiger partial charge in [-0.15, -0.1) is 0 Å². The third kappa shape index (κ3) is 2.60. The summed E-state index contributed by atoms with van der Waals surface area (Å²) < 4.78 is 11.9. The van der Waals surface area contributed by atoms with E-state index in [1.807, 2.05) is 18.5 Å². The van der Waals surface area contributed by atoms with Crippen LogP contribution in [0.15, 0.2) is 24.5 Å². The summed E-state index contributed by atoms with van der Waals surface area (Å²) in [5, 5.41) is 0. The smallest absolute Gasteiger partial charge is 0.0768 e. The predicted molar refractivity (Wildman–Crippen MR) is 75.2 cm³/mol. The molecule has 0 amide bonds. The van der Waals surface area contributed by atoms with E-state index < -0.39 is 0 Å². The van der Waals surface area contributed by atoms with Crippen molar-refractivity contribution in [3.8, 4) is 0 Å². The zero-order valence-corrected chi connectivity index (χ0v) is 11.8. The highest BCUT2D eigenvalue weighted by Crippen LogP contribution is 2.35. The van der Waals surface area contributed by atoms with Gasteiger partial charge in [0.1, 0.15) is 0 Å². The topological polar surface area (TPSA) is 34.6 Å². The van der Waals surface area contributed by atoms with Crippen molar-refractivity contribution in [1.82, 2.24) is 9.88 Å². The largest absolute Gasteiger partial charge is 0.379 e. The molecular weight excluding hydrogens is 252 g/mol. The van der Waals surface area contributed by atoms with Crippen molar-refractivity contribution in [3.63, 3.8) is 0 Å². The minimum absolute atomic E-state index is 0.361. The molecule has 20 heavy (non-hydrogen) atoms. The van der Waals surface area contributed by atoms with Crippen LogP contribution in [0.1, 0.15) is 18.4 Å². The Kier molecular flexibility index (Phi) is 3.46. The zero-order chi connectivity index (χ0) is 13.4. The van der Waals surface area contributed by atoms with Crippen molar-refractivity contribution in [1.29, 1.82) is 0 Å². The molecule has 1 saturated carbocycles. The molecule has 0 aromatic carbocycles. The maximum atomic E-state index is 6.17. The molecular formula is C16H22N2O2. The van der Waals surface area contributed by atoms with Crippen LogP contribution in [-0.4, -0.2) is 48.4 Å². The molecule has 0 bridgehead atoms. The third-order valence-electron chi connectivity index (χ3n) is 4.81. The zero-order valence-electron chi connectivity index (χ0n) is 11.8. The standard InChI is InChI=1S/C16H22N2O2/c1-2-13(6-17-5-1)7-18-8-16(20-9-12-3-4-12)14-10-19-11-15(14)18/h1-2,5-6,12,14-16H,3-4,7-11H2/t14-,15+,16-/m0/s1. The fraction of sp³-hybridized carbons (Fsp3) is 0.688. The Morgan fingerprint density at radius 2 is 2.30 bits per heavy atom. The van der Waals surface area contributed by atoms with Gasteiger partial charge >= 0.3 is 0 Å². The van der Waals surface area contributed by atoms with Crippen molar-refractivity contribution in [2.75, 3.05) is 26.4 Å². The van der Waals surface area contributed by atoms with E-state index in [-0.39, 0.29) is 0 Å². The van der Waals surface area contributed by atoms with E-state index in [0.717, 1.165) is 38.8 Å². The normalized spacial score (nSPS) is 33.5. The molecule has 1 aromatic rings. The molecule has 3 fully saturated rings. The van der Waals surface area contributed by atoms with E-state index >= 15 is 0 Å². The van der Waals surface area contributed by atoms with Gasteiger partial charge in [0.25, 0.3) is 0 Å². The molecule has 4 rings (SSSR count). The summed E-state index contributed by atoms with van der Waals surface area (Å²) in [4.78, 5) is 6.73. The molecule has 3 atom stereocenters. The van der Waals surface area contributed by atoms with Crippen LogP contribution in [0.25, 0.3) is 0 Å². The first-order valence-electron chi connectivity index (χ1n) is 7.72. The van der Waals surface area contributed by atoms with Crippen molar-refractivity contribution < 1.29 is 9.47 Å². The second-order valence-electron chi connectivity index (χ2n) is 6.37. The number of rotatable bonds is 5. The average molecular weight is 274 g/mol. The molecule has 0 N–H and O–H groups in total. The lowest BCUT2D eigenvalue weighted by Crippen LogP contribution is -2.32. The van der Waals surface area contributed by atoms with Gasteiger partial charge in [-0.25, -0.2) is 0 Å². The molecule has 108 valence electrons. The summed E-state index contributed by atoms with van der Waals surface area (Å²) in [5.41, 5.74) is 1.28. The lowest BCUT2D eigenvalue weighted by atomic mass is 10.0. The van der Waals surface area contributed by atoms with E-state index in [0.29, 0.717) is 18.1 Å². The lowest BCUT2D eigenvalue weighted by molar-refractivity contribution is 0.0137. The monoisotopic (exact) mass is 274 g/mol. The van der Waals surface area contributed by atoms with Crippen molar-refractivity contribution in [3.05, 3.63) is 30.1 Å². The Morgan fingerprint density at radius 3 is 3.10 bits per heavy atom. The van der Waals surface area contributed by atoms with Crippen LogP contribution in [0.4, 0.5) is 0 Å². The van der Waals surface area contributed by atoms with Gasteiger partial charge in [-0.1, -0.05) is 6.07 Å². The van der Waals surface area contributed by atoms with Crippen LogP contribution in [0.5, 0.6) is 0 Å². The van der Waals surface area contributed by atoms with Gasteiger partial charge in [0.15, 0.2) is 0 Å². The second-order valence-corrected chi connectivity index (χ2v) is 6.37. The molecule has 3 heterocycles. The Morgan fingerprint density at radius 1 is 1.35 bits per heavy atom. The number of fused-ring (bicyclic) bond motifs is 1. The lowest BCUT2D eigenvalue weighted by Gasteiger charge is -2.21. The summed E-state index contributed by atoms with van der Waals surface area (Å²) in [5.74, 6) is 1.40. The highest BCUT2D eigenvalue weighted by atomic mass is 16.5. The van der Waals surface area contributed by atoms with Crippen molar-refractivity contribution in [2.24, 2.45) is 11.8 Å². The van der Waals surface area contributed by atoms with E-state index in [2.05, 4.69) is 16.0 Å². The molecule has 2 saturated heterocycles. The van der Waals surface area contributed by atoms with Gasteiger partial charge in [-0.2, -0.15) is 0 Å². The van der Waals surface area contributed by atoms with Gasteiger partial charge in [0.2, 0.25) is 0 Å². The van der Waals surface area contributed by atoms with Gasteiger partial charge in [0, 0.05) is 44.0 Å². The Balaban J connectivity index is 1.41. The van der Waals surface area contributed by atoms with E-state index in [1.165, 1.54) is 18.4 Å². The molecule has 2 aliphatic heterocycles. The summed E-state index contributed by atoms with van der Waals surface area (Å²) >= 11 is 0. The first-order chi connectivity index (χ1) is 9.90. The van der Waals surface area contributed by atoms with Crippen LogP contribution in [0.3, 0.4) is 0 Å². The van der Waals surface area contributed by atoms with Crippen LogP contribution < -0.4 is 0 Å². The minimum Gasteiger partial charge on any atom is -0.379 e. The first-order valence-corrected chi connectivity index (χ1v) is 7.72. The maximum Gasteiger partial charge on any atom is 0.0768 e. The quantitative estimate of drug-likeness (QED) is 0.818. The second kappa shape index (κ2) is 5.43. The van der Waals surface area contributed by atoms with Gasteiger partial charge < -0.3 is 9.47 Å². The molecule has 1 aromatic heterocycles. The summed E-state index contributed by atoms with van der Waals surface area (Å²) in [6.07, 6.45) is 6.87. The summed E-state index contributed by atoms with van der Waals surface area (Å²) in [6, 6.07) is 4.69. The minimum atomic E-state index is 0.361. The van der Waals surface area contributed by atoms with E-state index in [1.54, 1.807) is 0 Å². The summed E-state index contributed by atoms with van der Waals surface area (Å²) in [7, 11) is 0. The van der Waals surface area contributed by atoms with Gasteiger partial charge in [-0.05, 0) is 30.4 Å². The van der Waals surface area contributed by atoms with Crippen LogP contribution >= 0.6 is 0 Å². The third-order valence-corrected chi connectivity index (χ3v) is 4.81. The summed E-state index contributed by atoms with van der Waals surface area (Å²) in [6.45, 7) is 4.67. The highest BCUT2D eigenvalue weighted by molar-refractivity contribution is 5.10. The van der Waals surface area contributed by atoms with E-state index in [9.17, 15) is 0 Å². The molecule has 4 nitrogen and oxygen atoms in total. The van der Waals surface area contributed by atoms with Crippen LogP contribution in [0.2, 0.25) is 0 Å². The van der Waals surface area contributed by atoms with E-state index in [4.69, 9.17) is 9.47 Å². The fourth-order valence-corrected chi connectivity index (χ4v) is 3.42. The van der Waals surface area contributed by atoms with Crippen molar-refractivity contribution in [2.45, 2.75) is 31.5 Å². The number of hydrogen-bond donors (Lipinski definition) is 0. The number of ether oxygens (including phenoxy) is 2. The molecule has 1 aliphatic carbocycles. The van der Waals surface area contributed by atoms with Crippen LogP contribution in [-0.2, 0) is 16.0 Å². The number of likely N-dealkylation sites (tertiary alicyclic amines) is 1. The Hall–Kier alpha value is -0.970. The Labute approximate surface area is 120 Å². The fourth-order valence-electron chi connectivity index (χ4n) is 3.42. The van der Waals surface area contributed by atoms with Crippen molar-refractivity contribution >= 4 is 0 Å². The first kappa shape index (κ1) is 12.7. The van der Waals surface area contributed by atoms with Crippen LogP contribution in [0, 0.1) is 11.8 Å². The number of nitrogens with zero attached hydrogens (tertiary/aromatic N) is 2.